The molecule has 218 valence electrons. The van der Waals surface area contributed by atoms with E-state index in [4.69, 9.17) is 4.74 Å². The summed E-state index contributed by atoms with van der Waals surface area (Å²) in [6.07, 6.45) is 1.80. The zero-order chi connectivity index (χ0) is 29.7. The van der Waals surface area contributed by atoms with Crippen molar-refractivity contribution in [1.29, 1.82) is 0 Å². The van der Waals surface area contributed by atoms with Gasteiger partial charge in [0, 0.05) is 25.1 Å². The molecule has 11 nitrogen and oxygen atoms in total. The van der Waals surface area contributed by atoms with Gasteiger partial charge in [0.2, 0.25) is 15.9 Å². The third kappa shape index (κ3) is 5.48. The maximum Gasteiger partial charge on any atom is 0.342 e. The minimum Gasteiger partial charge on any atom is -0.467 e. The van der Waals surface area contributed by atoms with Crippen LogP contribution < -0.4 is 5.32 Å². The fraction of sp³-hybridized carbons (Fsp3) is 0.300. The predicted molar refractivity (Wildman–Crippen MR) is 155 cm³/mol. The van der Waals surface area contributed by atoms with E-state index in [1.807, 2.05) is 55.5 Å². The van der Waals surface area contributed by atoms with Crippen LogP contribution in [0.2, 0.25) is 0 Å². The van der Waals surface area contributed by atoms with Crippen LogP contribution in [0.15, 0.2) is 83.8 Å². The Kier molecular flexibility index (Phi) is 8.57. The van der Waals surface area contributed by atoms with Crippen molar-refractivity contribution in [3.05, 3.63) is 84.4 Å². The van der Waals surface area contributed by atoms with Gasteiger partial charge in [-0.15, -0.1) is 5.10 Å². The first-order valence-corrected chi connectivity index (χ1v) is 15.2. The third-order valence-corrected chi connectivity index (χ3v) is 9.31. The molecule has 12 heteroatoms. The molecule has 1 fully saturated rings. The van der Waals surface area contributed by atoms with Gasteiger partial charge in [-0.25, -0.2) is 13.2 Å². The first-order valence-electron chi connectivity index (χ1n) is 13.7. The molecule has 4 aromatic rings. The summed E-state index contributed by atoms with van der Waals surface area (Å²) in [5.74, 6) is -0.459. The van der Waals surface area contributed by atoms with Crippen molar-refractivity contribution in [1.82, 2.24) is 29.8 Å². The lowest BCUT2D eigenvalue weighted by molar-refractivity contribution is -0.153. The number of rotatable bonds is 10. The molecule has 2 heterocycles. The van der Waals surface area contributed by atoms with Gasteiger partial charge < -0.3 is 4.74 Å². The van der Waals surface area contributed by atoms with Crippen molar-refractivity contribution in [3.8, 4) is 22.5 Å². The Hall–Kier alpha value is -4.26. The molecular formula is C30H32N6O5S. The number of tetrazole rings is 1. The number of esters is 1. The number of methoxy groups -OCH3 is 1. The van der Waals surface area contributed by atoms with Crippen LogP contribution in [0.1, 0.15) is 43.0 Å². The van der Waals surface area contributed by atoms with Crippen LogP contribution in [-0.4, -0.2) is 64.1 Å². The number of hydrogen-bond donors (Lipinski definition) is 1. The van der Waals surface area contributed by atoms with Gasteiger partial charge in [0.25, 0.3) is 0 Å². The molecule has 0 radical (unpaired) electrons. The summed E-state index contributed by atoms with van der Waals surface area (Å²) >= 11 is 0. The number of nitrogens with one attached hydrogen (secondary N) is 1. The molecule has 1 atom stereocenters. The second-order valence-electron chi connectivity index (χ2n) is 10.00. The van der Waals surface area contributed by atoms with E-state index in [2.05, 4.69) is 20.8 Å². The maximum absolute atomic E-state index is 13.6. The Morgan fingerprint density at radius 1 is 0.976 bits per heavy atom. The number of benzene rings is 3. The van der Waals surface area contributed by atoms with Crippen molar-refractivity contribution in [2.75, 3.05) is 13.7 Å². The summed E-state index contributed by atoms with van der Waals surface area (Å²) in [5, 5.41) is 15.0. The molecule has 0 bridgehead atoms. The molecular weight excluding hydrogens is 556 g/mol. The fourth-order valence-electron chi connectivity index (χ4n) is 5.28. The normalized spacial score (nSPS) is 17.3. The molecule has 1 saturated heterocycles. The van der Waals surface area contributed by atoms with Crippen molar-refractivity contribution in [2.24, 2.45) is 0 Å². The van der Waals surface area contributed by atoms with Crippen LogP contribution in [0, 0.1) is 0 Å². The topological polar surface area (TPSA) is 136 Å². The highest BCUT2D eigenvalue weighted by molar-refractivity contribution is 7.89. The summed E-state index contributed by atoms with van der Waals surface area (Å²) in [7, 11) is -2.70. The Morgan fingerprint density at radius 2 is 1.67 bits per heavy atom. The lowest BCUT2D eigenvalue weighted by Crippen LogP contribution is -2.62. The molecule has 0 aliphatic carbocycles. The molecule has 1 aliphatic rings. The molecule has 1 aliphatic heterocycles. The third-order valence-electron chi connectivity index (χ3n) is 7.37. The molecule has 5 rings (SSSR count). The predicted octanol–water partition coefficient (Wildman–Crippen LogP) is 3.89. The van der Waals surface area contributed by atoms with Crippen LogP contribution >= 0.6 is 0 Å². The molecule has 3 aromatic carbocycles. The molecule has 1 N–H and O–H groups in total. The van der Waals surface area contributed by atoms with Gasteiger partial charge in [0.1, 0.15) is 0 Å². The van der Waals surface area contributed by atoms with E-state index in [-0.39, 0.29) is 30.3 Å². The Balaban J connectivity index is 1.40. The minimum absolute atomic E-state index is 0.118. The van der Waals surface area contributed by atoms with E-state index in [0.717, 1.165) is 22.3 Å². The van der Waals surface area contributed by atoms with Gasteiger partial charge in [-0.3, -0.25) is 10.1 Å². The number of aromatic nitrogens is 4. The smallest absolute Gasteiger partial charge is 0.342 e. The lowest BCUT2D eigenvalue weighted by Gasteiger charge is -2.35. The number of ether oxygens (including phenoxy) is 1. The number of carbonyl (C=O) groups excluding carboxylic acids is 2. The van der Waals surface area contributed by atoms with Crippen LogP contribution in [0.4, 0.5) is 0 Å². The van der Waals surface area contributed by atoms with Gasteiger partial charge in [-0.2, -0.15) is 8.99 Å². The number of nitrogens with zero attached hydrogens (tertiary/aromatic N) is 5. The summed E-state index contributed by atoms with van der Waals surface area (Å²) < 4.78 is 34.7. The fourth-order valence-corrected chi connectivity index (χ4v) is 7.05. The van der Waals surface area contributed by atoms with Crippen LogP contribution in [-0.2, 0) is 26.1 Å². The van der Waals surface area contributed by atoms with Gasteiger partial charge in [0.05, 0.1) is 12.0 Å². The van der Waals surface area contributed by atoms with Crippen LogP contribution in [0.25, 0.3) is 22.5 Å². The number of hydrogen-bond acceptors (Lipinski definition) is 9. The molecule has 1 aromatic heterocycles. The van der Waals surface area contributed by atoms with Crippen LogP contribution in [0.3, 0.4) is 0 Å². The highest BCUT2D eigenvalue weighted by atomic mass is 32.2. The van der Waals surface area contributed by atoms with Gasteiger partial charge in [0.15, 0.2) is 11.5 Å². The van der Waals surface area contributed by atoms with Gasteiger partial charge in [-0.1, -0.05) is 73.7 Å². The van der Waals surface area contributed by atoms with Gasteiger partial charge in [-0.05, 0) is 58.5 Å². The largest absolute Gasteiger partial charge is 0.467 e. The van der Waals surface area contributed by atoms with E-state index in [9.17, 15) is 18.0 Å². The summed E-state index contributed by atoms with van der Waals surface area (Å²) in [5.41, 5.74) is 1.75. The van der Waals surface area contributed by atoms with Crippen molar-refractivity contribution in [3.63, 3.8) is 0 Å². The number of sulfonamides is 1. The average molecular weight is 589 g/mol. The zero-order valence-electron chi connectivity index (χ0n) is 23.4. The van der Waals surface area contributed by atoms with Crippen molar-refractivity contribution >= 4 is 21.9 Å². The van der Waals surface area contributed by atoms with Crippen LogP contribution in [0.5, 0.6) is 0 Å². The monoisotopic (exact) mass is 588 g/mol. The van der Waals surface area contributed by atoms with Gasteiger partial charge >= 0.3 is 5.97 Å². The quantitative estimate of drug-likeness (QED) is 0.216. The summed E-state index contributed by atoms with van der Waals surface area (Å²) in [4.78, 5) is 25.8. The van der Waals surface area contributed by atoms with E-state index in [1.165, 1.54) is 28.2 Å². The molecule has 42 heavy (non-hydrogen) atoms. The lowest BCUT2D eigenvalue weighted by atomic mass is 9.98. The van der Waals surface area contributed by atoms with E-state index >= 15 is 0 Å². The van der Waals surface area contributed by atoms with Crippen molar-refractivity contribution in [2.45, 2.75) is 49.7 Å². The first-order chi connectivity index (χ1) is 20.3. The van der Waals surface area contributed by atoms with E-state index < -0.39 is 21.7 Å². The van der Waals surface area contributed by atoms with E-state index in [0.29, 0.717) is 25.1 Å². The molecule has 1 unspecified atom stereocenters. The Bertz CT molecular complexity index is 1670. The molecule has 0 amide bonds. The second kappa shape index (κ2) is 12.3. The average Bonchev–Trinajstić information content (AvgIpc) is 3.69. The highest BCUT2D eigenvalue weighted by Gasteiger charge is 2.53. The Labute approximate surface area is 244 Å². The summed E-state index contributed by atoms with van der Waals surface area (Å²) in [6, 6.07) is 23.3. The zero-order valence-corrected chi connectivity index (χ0v) is 24.3. The SMILES string of the molecule is CCCC(=O)n1nnnc1-c1ccccc1-c1ccc(CNC2(C(=O)OC)CCCN2S(=O)(=O)c2ccccc2)cc1. The Morgan fingerprint density at radius 3 is 2.36 bits per heavy atom. The van der Waals surface area contributed by atoms with E-state index in [1.54, 1.807) is 18.2 Å². The second-order valence-corrected chi connectivity index (χ2v) is 11.9. The van der Waals surface area contributed by atoms with Crippen molar-refractivity contribution < 1.29 is 22.7 Å². The molecule has 0 spiro atoms. The minimum atomic E-state index is -3.96. The number of carbonyl (C=O) groups is 2. The first kappa shape index (κ1) is 29.2. The maximum atomic E-state index is 13.6. The molecule has 0 saturated carbocycles. The standard InChI is InChI=1S/C30H32N6O5S/c1-3-10-27(37)36-28(32-33-34-36)26-14-8-7-13-25(26)23-17-15-22(16-18-23)21-31-30(29(38)41-2)19-9-20-35(30)42(39,40)24-11-5-4-6-12-24/h4-8,11-18,31H,3,9-10,19-21H2,1-2H3. The highest BCUT2D eigenvalue weighted by Crippen LogP contribution is 2.35. The summed E-state index contributed by atoms with van der Waals surface area (Å²) in [6.45, 7) is 2.34.